The first kappa shape index (κ1) is 25.8. The molecule has 1 aromatic heterocycles. The van der Waals surface area contributed by atoms with Crippen LogP contribution in [0.25, 0.3) is 10.9 Å². The van der Waals surface area contributed by atoms with E-state index in [0.29, 0.717) is 40.1 Å². The summed E-state index contributed by atoms with van der Waals surface area (Å²) in [6.45, 7) is 1.68. The molecule has 1 aliphatic carbocycles. The van der Waals surface area contributed by atoms with Crippen LogP contribution in [0.5, 0.6) is 11.5 Å². The van der Waals surface area contributed by atoms with Crippen molar-refractivity contribution in [2.24, 2.45) is 0 Å². The average molecular weight is 515 g/mol. The topological polar surface area (TPSA) is 65.5 Å². The third-order valence-corrected chi connectivity index (χ3v) is 5.58. The van der Waals surface area contributed by atoms with Crippen LogP contribution in [0.1, 0.15) is 29.8 Å². The van der Waals surface area contributed by atoms with Gasteiger partial charge in [0.2, 0.25) is 0 Å². The Balaban J connectivity index is 1.51. The molecule has 12 heteroatoms. The van der Waals surface area contributed by atoms with E-state index < -0.39 is 29.6 Å². The SMILES string of the molecule is COc1cc2nc(C)nc(NCc3cc(F)cc(C(F)(F)F)c3)c2cc1OCCOC1CC(F)(F)C1. The van der Waals surface area contributed by atoms with Crippen LogP contribution in [0.15, 0.2) is 30.3 Å². The molecule has 3 aromatic rings. The zero-order valence-electron chi connectivity index (χ0n) is 19.4. The van der Waals surface area contributed by atoms with E-state index in [-0.39, 0.29) is 38.2 Å². The second kappa shape index (κ2) is 10.00. The van der Waals surface area contributed by atoms with Crippen molar-refractivity contribution in [2.75, 3.05) is 25.6 Å². The van der Waals surface area contributed by atoms with Crippen molar-refractivity contribution in [3.8, 4) is 11.5 Å². The van der Waals surface area contributed by atoms with Crippen LogP contribution < -0.4 is 14.8 Å². The molecule has 0 radical (unpaired) electrons. The Kier molecular flexibility index (Phi) is 7.17. The number of alkyl halides is 5. The van der Waals surface area contributed by atoms with E-state index >= 15 is 0 Å². The minimum absolute atomic E-state index is 0.0724. The molecular formula is C24H23F6N3O3. The molecule has 0 amide bonds. The highest BCUT2D eigenvalue weighted by Crippen LogP contribution is 2.39. The first-order valence-corrected chi connectivity index (χ1v) is 11.0. The van der Waals surface area contributed by atoms with Crippen LogP contribution in [-0.4, -0.2) is 42.3 Å². The van der Waals surface area contributed by atoms with Crippen LogP contribution in [-0.2, 0) is 17.5 Å². The highest BCUT2D eigenvalue weighted by Gasteiger charge is 2.46. The number of halogens is 6. The van der Waals surface area contributed by atoms with Crippen LogP contribution >= 0.6 is 0 Å². The fourth-order valence-corrected chi connectivity index (χ4v) is 3.85. The van der Waals surface area contributed by atoms with Gasteiger partial charge in [-0.2, -0.15) is 13.2 Å². The minimum Gasteiger partial charge on any atom is -0.493 e. The molecule has 36 heavy (non-hydrogen) atoms. The number of anilines is 1. The fraction of sp³-hybridized carbons (Fsp3) is 0.417. The lowest BCUT2D eigenvalue weighted by Gasteiger charge is -2.34. The molecule has 1 heterocycles. The van der Waals surface area contributed by atoms with Gasteiger partial charge in [0.1, 0.15) is 24.1 Å². The van der Waals surface area contributed by atoms with Gasteiger partial charge in [0.15, 0.2) is 11.5 Å². The largest absolute Gasteiger partial charge is 0.493 e. The number of hydrogen-bond donors (Lipinski definition) is 1. The standard InChI is InChI=1S/C24H23F6N3O3/c1-13-32-19-9-20(34-2)21(36-4-3-35-17-10-23(26,27)11-17)8-18(19)22(33-13)31-12-14-5-15(24(28,29)30)7-16(25)6-14/h5-9,17H,3-4,10-12H2,1-2H3,(H,31,32,33). The Morgan fingerprint density at radius 2 is 1.78 bits per heavy atom. The molecule has 0 saturated heterocycles. The lowest BCUT2D eigenvalue weighted by Crippen LogP contribution is -2.41. The lowest BCUT2D eigenvalue weighted by atomic mass is 9.91. The maximum Gasteiger partial charge on any atom is 0.416 e. The fourth-order valence-electron chi connectivity index (χ4n) is 3.85. The van der Waals surface area contributed by atoms with Crippen LogP contribution in [0.2, 0.25) is 0 Å². The van der Waals surface area contributed by atoms with Crippen molar-refractivity contribution < 1.29 is 40.6 Å². The Morgan fingerprint density at radius 1 is 1.03 bits per heavy atom. The second-order valence-electron chi connectivity index (χ2n) is 8.44. The van der Waals surface area contributed by atoms with Crippen molar-refractivity contribution in [1.29, 1.82) is 0 Å². The maximum atomic E-state index is 13.8. The number of nitrogens with zero attached hydrogens (tertiary/aromatic N) is 2. The van der Waals surface area contributed by atoms with Gasteiger partial charge in [0.05, 0.1) is 30.9 Å². The molecule has 1 aliphatic rings. The predicted molar refractivity (Wildman–Crippen MR) is 119 cm³/mol. The first-order valence-electron chi connectivity index (χ1n) is 11.0. The summed E-state index contributed by atoms with van der Waals surface area (Å²) in [5.74, 6) is -2.31. The smallest absolute Gasteiger partial charge is 0.416 e. The van der Waals surface area contributed by atoms with E-state index in [1.807, 2.05) is 0 Å². The second-order valence-corrected chi connectivity index (χ2v) is 8.44. The molecule has 0 unspecified atom stereocenters. The molecule has 0 spiro atoms. The lowest BCUT2D eigenvalue weighted by molar-refractivity contribution is -0.167. The zero-order chi connectivity index (χ0) is 26.1. The summed E-state index contributed by atoms with van der Waals surface area (Å²) in [4.78, 5) is 8.69. The van der Waals surface area contributed by atoms with Gasteiger partial charge < -0.3 is 19.5 Å². The number of methoxy groups -OCH3 is 1. The van der Waals surface area contributed by atoms with Gasteiger partial charge in [-0.1, -0.05) is 0 Å². The number of benzene rings is 2. The number of fused-ring (bicyclic) bond motifs is 1. The highest BCUT2D eigenvalue weighted by molar-refractivity contribution is 5.91. The van der Waals surface area contributed by atoms with E-state index in [1.54, 1.807) is 19.1 Å². The molecule has 1 saturated carbocycles. The maximum absolute atomic E-state index is 13.8. The van der Waals surface area contributed by atoms with Gasteiger partial charge in [-0.05, 0) is 36.8 Å². The molecule has 194 valence electrons. The Bertz CT molecular complexity index is 1240. The van der Waals surface area contributed by atoms with Crippen LogP contribution in [0, 0.1) is 12.7 Å². The van der Waals surface area contributed by atoms with Gasteiger partial charge in [0, 0.05) is 30.8 Å². The van der Waals surface area contributed by atoms with Crippen molar-refractivity contribution >= 4 is 16.7 Å². The van der Waals surface area contributed by atoms with E-state index in [0.717, 1.165) is 12.1 Å². The normalized spacial score (nSPS) is 15.6. The molecule has 1 N–H and O–H groups in total. The molecule has 1 fully saturated rings. The van der Waals surface area contributed by atoms with E-state index in [9.17, 15) is 26.3 Å². The molecule has 0 atom stereocenters. The molecule has 6 nitrogen and oxygen atoms in total. The van der Waals surface area contributed by atoms with Crippen LogP contribution in [0.4, 0.5) is 32.2 Å². The minimum atomic E-state index is -4.68. The quantitative estimate of drug-likeness (QED) is 0.282. The average Bonchev–Trinajstić information content (AvgIpc) is 2.77. The summed E-state index contributed by atoms with van der Waals surface area (Å²) in [7, 11) is 1.44. The van der Waals surface area contributed by atoms with Gasteiger partial charge >= 0.3 is 6.18 Å². The Labute approximate surface area is 202 Å². The third-order valence-electron chi connectivity index (χ3n) is 5.58. The number of rotatable bonds is 9. The van der Waals surface area contributed by atoms with Gasteiger partial charge in [-0.15, -0.1) is 0 Å². The van der Waals surface area contributed by atoms with E-state index in [2.05, 4.69) is 15.3 Å². The van der Waals surface area contributed by atoms with E-state index in [1.165, 1.54) is 7.11 Å². The van der Waals surface area contributed by atoms with Crippen molar-refractivity contribution in [3.63, 3.8) is 0 Å². The molecule has 4 rings (SSSR count). The number of ether oxygens (including phenoxy) is 3. The van der Waals surface area contributed by atoms with Crippen molar-refractivity contribution in [3.05, 3.63) is 53.1 Å². The Hall–Kier alpha value is -3.28. The number of aryl methyl sites for hydroxylation is 1. The number of aromatic nitrogens is 2. The monoisotopic (exact) mass is 515 g/mol. The predicted octanol–water partition coefficient (Wildman–Crippen LogP) is 5.91. The summed E-state index contributed by atoms with van der Waals surface area (Å²) in [5, 5.41) is 3.43. The number of hydrogen-bond acceptors (Lipinski definition) is 6. The van der Waals surface area contributed by atoms with Crippen molar-refractivity contribution in [1.82, 2.24) is 9.97 Å². The molecule has 2 aromatic carbocycles. The molecular weight excluding hydrogens is 492 g/mol. The van der Waals surface area contributed by atoms with E-state index in [4.69, 9.17) is 14.2 Å². The molecule has 0 aliphatic heterocycles. The third kappa shape index (κ3) is 6.10. The van der Waals surface area contributed by atoms with Gasteiger partial charge in [0.25, 0.3) is 5.92 Å². The van der Waals surface area contributed by atoms with Gasteiger partial charge in [-0.3, -0.25) is 0 Å². The summed E-state index contributed by atoms with van der Waals surface area (Å²) < 4.78 is 95.2. The van der Waals surface area contributed by atoms with Crippen molar-refractivity contribution in [2.45, 2.75) is 44.5 Å². The number of nitrogens with one attached hydrogen (secondary N) is 1. The summed E-state index contributed by atoms with van der Waals surface area (Å²) >= 11 is 0. The highest BCUT2D eigenvalue weighted by atomic mass is 19.4. The summed E-state index contributed by atoms with van der Waals surface area (Å²) in [6.07, 6.45) is -5.81. The van der Waals surface area contributed by atoms with Crippen LogP contribution in [0.3, 0.4) is 0 Å². The summed E-state index contributed by atoms with van der Waals surface area (Å²) in [5.41, 5.74) is -0.524. The summed E-state index contributed by atoms with van der Waals surface area (Å²) in [6, 6.07) is 5.52. The molecule has 0 bridgehead atoms. The van der Waals surface area contributed by atoms with Gasteiger partial charge in [-0.25, -0.2) is 23.1 Å². The zero-order valence-corrected chi connectivity index (χ0v) is 19.4. The first-order chi connectivity index (χ1) is 16.9. The Morgan fingerprint density at radius 3 is 2.44 bits per heavy atom.